The number of unbranched alkanes of at least 4 members (excludes halogenated alkanes) is 1. The third-order valence-corrected chi connectivity index (χ3v) is 4.79. The minimum Gasteiger partial charge on any atom is -0.284 e. The maximum Gasteiger partial charge on any atom is 0.454 e. The van der Waals surface area contributed by atoms with Gasteiger partial charge in [0.15, 0.2) is 0 Å². The van der Waals surface area contributed by atoms with Gasteiger partial charge in [-0.2, -0.15) is 26.3 Å². The van der Waals surface area contributed by atoms with Crippen molar-refractivity contribution in [3.8, 4) is 0 Å². The number of carbonyl (C=O) groups excluding carboxylic acids is 2. The molecule has 10 heteroatoms. The van der Waals surface area contributed by atoms with Gasteiger partial charge < -0.3 is 0 Å². The molecule has 0 atom stereocenters. The van der Waals surface area contributed by atoms with Gasteiger partial charge in [-0.25, -0.2) is 0 Å². The van der Waals surface area contributed by atoms with E-state index in [1.54, 1.807) is 0 Å². The van der Waals surface area contributed by atoms with Gasteiger partial charge >= 0.3 is 12.4 Å². The second kappa shape index (κ2) is 7.87. The van der Waals surface area contributed by atoms with Crippen LogP contribution in [0, 0.1) is 0 Å². The van der Waals surface area contributed by atoms with Crippen LogP contribution in [-0.2, 0) is 0 Å². The standard InChI is InChI=1S/C17H13F6NO2S/c1-2-3-7-27-13-11(15(26)17(21,22)23)8-10(14(25)16(18,19)20)9-5-4-6-24-12(9)13/h4-6,8H,2-3,7H2,1H3. The van der Waals surface area contributed by atoms with Crippen molar-refractivity contribution in [3.05, 3.63) is 35.5 Å². The number of thioether (sulfide) groups is 1. The molecular weight excluding hydrogens is 396 g/mol. The second-order valence-corrected chi connectivity index (χ2v) is 6.66. The molecule has 0 spiro atoms. The van der Waals surface area contributed by atoms with Crippen LogP contribution in [0.3, 0.4) is 0 Å². The molecule has 0 aliphatic heterocycles. The van der Waals surface area contributed by atoms with Gasteiger partial charge in [0, 0.05) is 27.6 Å². The quantitative estimate of drug-likeness (QED) is 0.269. The van der Waals surface area contributed by atoms with E-state index in [2.05, 4.69) is 4.98 Å². The number of pyridine rings is 1. The summed E-state index contributed by atoms with van der Waals surface area (Å²) >= 11 is 0.898. The Balaban J connectivity index is 2.81. The predicted molar refractivity (Wildman–Crippen MR) is 88.1 cm³/mol. The lowest BCUT2D eigenvalue weighted by Gasteiger charge is -2.16. The first-order valence-corrected chi connectivity index (χ1v) is 8.74. The molecule has 1 aromatic carbocycles. The van der Waals surface area contributed by atoms with E-state index in [1.165, 1.54) is 12.3 Å². The fraction of sp³-hybridized carbons (Fsp3) is 0.353. The minimum absolute atomic E-state index is 0.180. The van der Waals surface area contributed by atoms with Crippen molar-refractivity contribution in [2.45, 2.75) is 37.0 Å². The lowest BCUT2D eigenvalue weighted by atomic mass is 9.98. The fourth-order valence-corrected chi connectivity index (χ4v) is 3.59. The van der Waals surface area contributed by atoms with Gasteiger partial charge in [0.1, 0.15) is 0 Å². The zero-order valence-corrected chi connectivity index (χ0v) is 14.7. The molecule has 146 valence electrons. The van der Waals surface area contributed by atoms with Crippen LogP contribution >= 0.6 is 11.8 Å². The van der Waals surface area contributed by atoms with Gasteiger partial charge in [-0.1, -0.05) is 19.4 Å². The maximum atomic E-state index is 13.0. The molecule has 0 N–H and O–H groups in total. The number of fused-ring (bicyclic) bond motifs is 1. The maximum absolute atomic E-state index is 13.0. The first kappa shape index (κ1) is 21.2. The lowest BCUT2D eigenvalue weighted by Crippen LogP contribution is -2.26. The number of carbonyl (C=O) groups is 2. The topological polar surface area (TPSA) is 47.0 Å². The van der Waals surface area contributed by atoms with Crippen molar-refractivity contribution < 1.29 is 35.9 Å². The van der Waals surface area contributed by atoms with Crippen LogP contribution in [0.1, 0.15) is 40.5 Å². The van der Waals surface area contributed by atoms with E-state index < -0.39 is 35.0 Å². The van der Waals surface area contributed by atoms with Crippen LogP contribution in [0.4, 0.5) is 26.3 Å². The molecule has 0 amide bonds. The van der Waals surface area contributed by atoms with Crippen LogP contribution in [-0.4, -0.2) is 34.7 Å². The molecular formula is C17H13F6NO2S. The number of rotatable bonds is 6. The Kier molecular flexibility index (Phi) is 6.18. The molecule has 1 aromatic heterocycles. The average molecular weight is 409 g/mol. The fourth-order valence-electron chi connectivity index (χ4n) is 2.35. The summed E-state index contributed by atoms with van der Waals surface area (Å²) in [5.74, 6) is -4.31. The molecule has 0 unspecified atom stereocenters. The molecule has 0 aliphatic rings. The molecule has 0 saturated heterocycles. The van der Waals surface area contributed by atoms with Gasteiger partial charge in [-0.05, 0) is 24.3 Å². The molecule has 2 rings (SSSR count). The Morgan fingerprint density at radius 1 is 1.04 bits per heavy atom. The van der Waals surface area contributed by atoms with Crippen LogP contribution in [0.25, 0.3) is 10.9 Å². The number of benzene rings is 1. The summed E-state index contributed by atoms with van der Waals surface area (Å²) in [7, 11) is 0. The highest BCUT2D eigenvalue weighted by molar-refractivity contribution is 7.99. The summed E-state index contributed by atoms with van der Waals surface area (Å²) in [6, 6.07) is 2.80. The van der Waals surface area contributed by atoms with Gasteiger partial charge in [-0.15, -0.1) is 11.8 Å². The summed E-state index contributed by atoms with van der Waals surface area (Å²) in [4.78, 5) is 27.2. The summed E-state index contributed by atoms with van der Waals surface area (Å²) in [6.45, 7) is 1.85. The molecule has 0 saturated carbocycles. The molecule has 0 aliphatic carbocycles. The van der Waals surface area contributed by atoms with E-state index in [0.717, 1.165) is 24.2 Å². The van der Waals surface area contributed by atoms with Crippen LogP contribution in [0.15, 0.2) is 29.3 Å². The van der Waals surface area contributed by atoms with Crippen molar-refractivity contribution in [3.63, 3.8) is 0 Å². The van der Waals surface area contributed by atoms with Crippen LogP contribution < -0.4 is 0 Å². The number of aromatic nitrogens is 1. The van der Waals surface area contributed by atoms with Crippen molar-refractivity contribution in [1.82, 2.24) is 4.98 Å². The first-order chi connectivity index (χ1) is 12.5. The Morgan fingerprint density at radius 2 is 1.63 bits per heavy atom. The zero-order valence-electron chi connectivity index (χ0n) is 13.9. The normalized spacial score (nSPS) is 12.4. The largest absolute Gasteiger partial charge is 0.454 e. The number of nitrogens with zero attached hydrogens (tertiary/aromatic N) is 1. The van der Waals surface area contributed by atoms with Gasteiger partial charge in [0.25, 0.3) is 11.6 Å². The smallest absolute Gasteiger partial charge is 0.284 e. The van der Waals surface area contributed by atoms with E-state index in [9.17, 15) is 35.9 Å². The van der Waals surface area contributed by atoms with E-state index >= 15 is 0 Å². The summed E-state index contributed by atoms with van der Waals surface area (Å²) in [5, 5.41) is -0.252. The highest BCUT2D eigenvalue weighted by Gasteiger charge is 2.44. The lowest BCUT2D eigenvalue weighted by molar-refractivity contribution is -0.0888. The van der Waals surface area contributed by atoms with Crippen LogP contribution in [0.5, 0.6) is 0 Å². The number of hydrogen-bond acceptors (Lipinski definition) is 4. The summed E-state index contributed by atoms with van der Waals surface area (Å²) in [6.07, 6.45) is -8.09. The third kappa shape index (κ3) is 4.60. The highest BCUT2D eigenvalue weighted by atomic mass is 32.2. The first-order valence-electron chi connectivity index (χ1n) is 7.76. The third-order valence-electron chi connectivity index (χ3n) is 3.59. The average Bonchev–Trinajstić information content (AvgIpc) is 2.59. The Labute approximate surface area is 154 Å². The van der Waals surface area contributed by atoms with Gasteiger partial charge in [-0.3, -0.25) is 14.6 Å². The number of ketones is 2. The molecule has 2 aromatic rings. The summed E-state index contributed by atoms with van der Waals surface area (Å²) in [5.41, 5.74) is -2.26. The van der Waals surface area contributed by atoms with Crippen molar-refractivity contribution in [2.24, 2.45) is 0 Å². The van der Waals surface area contributed by atoms with Crippen LogP contribution in [0.2, 0.25) is 0 Å². The number of hydrogen-bond donors (Lipinski definition) is 0. The number of Topliss-reactive ketones (excluding diaryl/α,β-unsaturated/α-hetero) is 2. The minimum atomic E-state index is -5.31. The van der Waals surface area contributed by atoms with Crippen molar-refractivity contribution in [1.29, 1.82) is 0 Å². The molecule has 1 heterocycles. The Hall–Kier alpha value is -2.10. The number of alkyl halides is 6. The Bertz CT molecular complexity index is 876. The van der Waals surface area contributed by atoms with E-state index in [1.807, 2.05) is 6.92 Å². The van der Waals surface area contributed by atoms with E-state index in [0.29, 0.717) is 18.2 Å². The summed E-state index contributed by atoms with van der Waals surface area (Å²) < 4.78 is 77.6. The zero-order chi connectivity index (χ0) is 20.4. The number of halogens is 6. The van der Waals surface area contributed by atoms with E-state index in [4.69, 9.17) is 0 Å². The van der Waals surface area contributed by atoms with Gasteiger partial charge in [0.05, 0.1) is 5.52 Å². The monoisotopic (exact) mass is 409 g/mol. The van der Waals surface area contributed by atoms with Crippen molar-refractivity contribution in [2.75, 3.05) is 5.75 Å². The molecule has 0 radical (unpaired) electrons. The SMILES string of the molecule is CCCCSc1c(C(=O)C(F)(F)F)cc(C(=O)C(F)(F)F)c2cccnc12. The molecule has 3 nitrogen and oxygen atoms in total. The predicted octanol–water partition coefficient (Wildman–Crippen LogP) is 5.62. The Morgan fingerprint density at radius 3 is 2.19 bits per heavy atom. The van der Waals surface area contributed by atoms with E-state index in [-0.39, 0.29) is 15.8 Å². The molecule has 0 bridgehead atoms. The molecule has 27 heavy (non-hydrogen) atoms. The van der Waals surface area contributed by atoms with Crippen molar-refractivity contribution >= 4 is 34.2 Å². The highest BCUT2D eigenvalue weighted by Crippen LogP contribution is 2.38. The molecule has 0 fully saturated rings. The second-order valence-electron chi connectivity index (χ2n) is 5.56. The van der Waals surface area contributed by atoms with Gasteiger partial charge in [0.2, 0.25) is 0 Å².